The summed E-state index contributed by atoms with van der Waals surface area (Å²) in [5.74, 6) is -2.30. The summed E-state index contributed by atoms with van der Waals surface area (Å²) in [5, 5.41) is 12.5. The Bertz CT molecular complexity index is 664. The number of carbonyl (C=O) groups excluding carboxylic acids is 1. The van der Waals surface area contributed by atoms with Gasteiger partial charge in [0.1, 0.15) is 5.82 Å². The minimum absolute atomic E-state index is 0. The van der Waals surface area contributed by atoms with Crippen LogP contribution in [0.4, 0.5) is 4.39 Å². The van der Waals surface area contributed by atoms with Crippen LogP contribution in [0.15, 0.2) is 36.4 Å². The molecule has 2 aromatic rings. The monoisotopic (exact) mass is 250 g/mol. The third kappa shape index (κ3) is 1.88. The molecule has 18 heavy (non-hydrogen) atoms. The van der Waals surface area contributed by atoms with Crippen molar-refractivity contribution in [1.82, 2.24) is 0 Å². The Kier molecular flexibility index (Phi) is 3.57. The summed E-state index contributed by atoms with van der Waals surface area (Å²) >= 11 is 0. The second-order valence-electron chi connectivity index (χ2n) is 4.06. The van der Waals surface area contributed by atoms with Crippen LogP contribution in [0.5, 0.6) is 0 Å². The van der Waals surface area contributed by atoms with E-state index in [0.29, 0.717) is 16.5 Å². The van der Waals surface area contributed by atoms with Crippen LogP contribution in [0.2, 0.25) is 0 Å². The van der Waals surface area contributed by atoms with Crippen LogP contribution < -0.4 is 34.7 Å². The third-order valence-corrected chi connectivity index (χ3v) is 3.11. The number of hydrogen-bond donors (Lipinski definition) is 0. The van der Waals surface area contributed by atoms with E-state index < -0.39 is 11.9 Å². The summed E-state index contributed by atoms with van der Waals surface area (Å²) in [6.07, 6.45) is 2.99. The zero-order valence-corrected chi connectivity index (χ0v) is 11.8. The van der Waals surface area contributed by atoms with Crippen molar-refractivity contribution in [3.8, 4) is 0 Å². The van der Waals surface area contributed by atoms with Crippen molar-refractivity contribution in [2.45, 2.75) is 5.92 Å². The van der Waals surface area contributed by atoms with Crippen LogP contribution in [-0.2, 0) is 4.79 Å². The molecule has 0 saturated heterocycles. The van der Waals surface area contributed by atoms with Crippen LogP contribution in [0, 0.1) is 5.82 Å². The normalized spacial score (nSPS) is 16.4. The first-order valence-corrected chi connectivity index (χ1v) is 5.28. The van der Waals surface area contributed by atoms with Crippen molar-refractivity contribution in [2.75, 3.05) is 0 Å². The fourth-order valence-corrected chi connectivity index (χ4v) is 2.33. The summed E-state index contributed by atoms with van der Waals surface area (Å²) in [6, 6.07) is 8.37. The maximum atomic E-state index is 13.6. The molecule has 1 atom stereocenters. The van der Waals surface area contributed by atoms with Gasteiger partial charge >= 0.3 is 29.6 Å². The second kappa shape index (κ2) is 4.84. The van der Waals surface area contributed by atoms with E-state index in [-0.39, 0.29) is 35.4 Å². The molecule has 2 aromatic carbocycles. The SMILES string of the molecule is O=C([O-])C1C=Cc2c(F)ccc3cccc1c23.[Na+]. The first-order chi connectivity index (χ1) is 8.18. The van der Waals surface area contributed by atoms with Gasteiger partial charge in [0.05, 0.1) is 5.97 Å². The Morgan fingerprint density at radius 3 is 2.72 bits per heavy atom. The summed E-state index contributed by atoms with van der Waals surface area (Å²) in [4.78, 5) is 11.0. The molecular weight excluding hydrogens is 242 g/mol. The van der Waals surface area contributed by atoms with Crippen LogP contribution in [-0.4, -0.2) is 5.97 Å². The van der Waals surface area contributed by atoms with E-state index >= 15 is 0 Å². The van der Waals surface area contributed by atoms with Crippen LogP contribution in [0.25, 0.3) is 16.8 Å². The van der Waals surface area contributed by atoms with Crippen LogP contribution in [0.3, 0.4) is 0 Å². The average Bonchev–Trinajstić information content (AvgIpc) is 2.33. The summed E-state index contributed by atoms with van der Waals surface area (Å²) in [6.45, 7) is 0. The van der Waals surface area contributed by atoms with E-state index in [2.05, 4.69) is 0 Å². The molecule has 0 aromatic heterocycles. The molecule has 0 spiro atoms. The van der Waals surface area contributed by atoms with Crippen LogP contribution >= 0.6 is 0 Å². The molecule has 0 aliphatic heterocycles. The maximum absolute atomic E-state index is 13.6. The number of carboxylic acids is 1. The van der Waals surface area contributed by atoms with Gasteiger partial charge in [-0.1, -0.05) is 36.4 Å². The van der Waals surface area contributed by atoms with E-state index in [1.54, 1.807) is 18.2 Å². The molecule has 4 heteroatoms. The van der Waals surface area contributed by atoms with Gasteiger partial charge in [0.15, 0.2) is 0 Å². The Balaban J connectivity index is 0.00000120. The number of rotatable bonds is 1. The minimum atomic E-state index is -1.16. The molecule has 0 N–H and O–H groups in total. The molecule has 0 amide bonds. The molecule has 1 unspecified atom stereocenters. The van der Waals surface area contributed by atoms with E-state index in [9.17, 15) is 14.3 Å². The molecular formula is C14H8FNaO2. The molecule has 0 fully saturated rings. The quantitative estimate of drug-likeness (QED) is 0.599. The first-order valence-electron chi connectivity index (χ1n) is 5.28. The molecule has 0 saturated carbocycles. The van der Waals surface area contributed by atoms with Crippen molar-refractivity contribution < 1.29 is 43.8 Å². The topological polar surface area (TPSA) is 40.1 Å². The Morgan fingerprint density at radius 2 is 2.00 bits per heavy atom. The Morgan fingerprint density at radius 1 is 1.22 bits per heavy atom. The maximum Gasteiger partial charge on any atom is 1.00 e. The number of benzene rings is 2. The predicted molar refractivity (Wildman–Crippen MR) is 60.7 cm³/mol. The number of hydrogen-bond acceptors (Lipinski definition) is 2. The van der Waals surface area contributed by atoms with Gasteiger partial charge < -0.3 is 9.90 Å². The molecule has 1 aliphatic rings. The standard InChI is InChI=1S/C14H9FO2.Na/c15-12-7-4-8-2-1-3-9-10(14(16)17)5-6-11(12)13(8)9;/h1-7,10H,(H,16,17);/q;+1/p-1. The summed E-state index contributed by atoms with van der Waals surface area (Å²) in [7, 11) is 0. The molecule has 2 nitrogen and oxygen atoms in total. The van der Waals surface area contributed by atoms with Crippen molar-refractivity contribution in [1.29, 1.82) is 0 Å². The molecule has 0 radical (unpaired) electrons. The molecule has 1 aliphatic carbocycles. The Hall–Kier alpha value is -1.16. The van der Waals surface area contributed by atoms with Gasteiger partial charge in [0.25, 0.3) is 0 Å². The van der Waals surface area contributed by atoms with Crippen LogP contribution in [0.1, 0.15) is 17.0 Å². The fraction of sp³-hybridized carbons (Fsp3) is 0.0714. The average molecular weight is 250 g/mol. The fourth-order valence-electron chi connectivity index (χ4n) is 2.33. The third-order valence-electron chi connectivity index (χ3n) is 3.11. The van der Waals surface area contributed by atoms with E-state index in [1.807, 2.05) is 6.07 Å². The smallest absolute Gasteiger partial charge is 0.549 e. The number of halogens is 1. The molecule has 0 heterocycles. The zero-order valence-electron chi connectivity index (χ0n) is 9.81. The molecule has 0 bridgehead atoms. The molecule has 84 valence electrons. The van der Waals surface area contributed by atoms with Crippen molar-refractivity contribution in [2.24, 2.45) is 0 Å². The molecule has 3 rings (SSSR count). The Labute approximate surface area is 125 Å². The summed E-state index contributed by atoms with van der Waals surface area (Å²) in [5.41, 5.74) is 1.05. The van der Waals surface area contributed by atoms with Crippen molar-refractivity contribution in [3.63, 3.8) is 0 Å². The van der Waals surface area contributed by atoms with Crippen molar-refractivity contribution in [3.05, 3.63) is 53.4 Å². The van der Waals surface area contributed by atoms with E-state index in [1.165, 1.54) is 18.2 Å². The van der Waals surface area contributed by atoms with Gasteiger partial charge in [0.2, 0.25) is 0 Å². The number of carboxylic acid groups (broad SMARTS) is 1. The first kappa shape index (κ1) is 13.3. The zero-order chi connectivity index (χ0) is 12.0. The predicted octanol–water partition coefficient (Wildman–Crippen LogP) is -1.16. The van der Waals surface area contributed by atoms with Gasteiger partial charge in [-0.25, -0.2) is 4.39 Å². The van der Waals surface area contributed by atoms with Gasteiger partial charge in [0, 0.05) is 11.5 Å². The van der Waals surface area contributed by atoms with E-state index in [4.69, 9.17) is 0 Å². The summed E-state index contributed by atoms with van der Waals surface area (Å²) < 4.78 is 13.6. The van der Waals surface area contributed by atoms with Crippen molar-refractivity contribution >= 4 is 22.8 Å². The number of aliphatic carboxylic acids is 1. The van der Waals surface area contributed by atoms with Gasteiger partial charge in [-0.05, 0) is 22.4 Å². The number of carbonyl (C=O) groups is 1. The van der Waals surface area contributed by atoms with Gasteiger partial charge in [-0.3, -0.25) is 0 Å². The minimum Gasteiger partial charge on any atom is -0.549 e. The second-order valence-corrected chi connectivity index (χ2v) is 4.06. The largest absolute Gasteiger partial charge is 1.00 e. The van der Waals surface area contributed by atoms with Gasteiger partial charge in [-0.15, -0.1) is 0 Å². The van der Waals surface area contributed by atoms with E-state index in [0.717, 1.165) is 5.39 Å². The van der Waals surface area contributed by atoms with Gasteiger partial charge in [-0.2, -0.15) is 0 Å².